The van der Waals surface area contributed by atoms with Crippen molar-refractivity contribution in [3.8, 4) is 0 Å². The maximum Gasteiger partial charge on any atom is 0.187 e. The Labute approximate surface area is 127 Å². The number of benzene rings is 2. The monoisotopic (exact) mass is 329 g/mol. The van der Waals surface area contributed by atoms with Crippen molar-refractivity contribution in [3.05, 3.63) is 75.9 Å². The van der Waals surface area contributed by atoms with Gasteiger partial charge in [0.05, 0.1) is 0 Å². The van der Waals surface area contributed by atoms with Gasteiger partial charge in [0.15, 0.2) is 5.78 Å². The zero-order chi connectivity index (χ0) is 14.5. The van der Waals surface area contributed by atoms with E-state index in [0.717, 1.165) is 21.3 Å². The lowest BCUT2D eigenvalue weighted by Crippen LogP contribution is -1.98. The third-order valence-corrected chi connectivity index (χ3v) is 3.60. The van der Waals surface area contributed by atoms with Crippen LogP contribution in [0.5, 0.6) is 0 Å². The van der Waals surface area contributed by atoms with Gasteiger partial charge in [0.1, 0.15) is 0 Å². The zero-order valence-corrected chi connectivity index (χ0v) is 13.1. The van der Waals surface area contributed by atoms with Crippen LogP contribution in [0.2, 0.25) is 0 Å². The fourth-order valence-corrected chi connectivity index (χ4v) is 2.22. The summed E-state index contributed by atoms with van der Waals surface area (Å²) in [5.74, 6) is -0.0174. The van der Waals surface area contributed by atoms with Crippen molar-refractivity contribution in [1.82, 2.24) is 0 Å². The Hall–Kier alpha value is -1.87. The summed E-state index contributed by atoms with van der Waals surface area (Å²) in [6.45, 7) is 4.08. The molecular formula is C17H16BrNO. The van der Waals surface area contributed by atoms with E-state index >= 15 is 0 Å². The summed E-state index contributed by atoms with van der Waals surface area (Å²) in [7, 11) is 0. The quantitative estimate of drug-likeness (QED) is 0.640. The van der Waals surface area contributed by atoms with Gasteiger partial charge in [0.2, 0.25) is 0 Å². The van der Waals surface area contributed by atoms with Crippen molar-refractivity contribution in [2.45, 2.75) is 13.8 Å². The van der Waals surface area contributed by atoms with Crippen LogP contribution in [0.4, 0.5) is 5.69 Å². The topological polar surface area (TPSA) is 29.1 Å². The standard InChI is InChI=1S/C17H16BrNO/c1-12-4-3-5-13(2)17(12)19-11-10-16(20)14-6-8-15(18)9-7-14/h3-11,19H,1-2H3/b11-10+. The maximum absolute atomic E-state index is 12.0. The van der Waals surface area contributed by atoms with Gasteiger partial charge in [-0.15, -0.1) is 0 Å². The molecule has 0 radical (unpaired) electrons. The summed E-state index contributed by atoms with van der Waals surface area (Å²) in [4.78, 5) is 12.0. The molecule has 2 aromatic rings. The molecule has 0 heterocycles. The Kier molecular flexibility index (Phi) is 4.74. The first-order valence-electron chi connectivity index (χ1n) is 6.37. The van der Waals surface area contributed by atoms with Crippen LogP contribution in [-0.2, 0) is 0 Å². The average molecular weight is 330 g/mol. The molecule has 2 nitrogen and oxygen atoms in total. The van der Waals surface area contributed by atoms with Crippen molar-refractivity contribution in [1.29, 1.82) is 0 Å². The minimum Gasteiger partial charge on any atom is -0.361 e. The first-order valence-corrected chi connectivity index (χ1v) is 7.16. The van der Waals surface area contributed by atoms with E-state index in [1.54, 1.807) is 24.4 Å². The number of anilines is 1. The number of para-hydroxylation sites is 1. The molecule has 1 N–H and O–H groups in total. The lowest BCUT2D eigenvalue weighted by atomic mass is 10.1. The van der Waals surface area contributed by atoms with Gasteiger partial charge in [0, 0.05) is 28.0 Å². The SMILES string of the molecule is Cc1cccc(C)c1N/C=C/C(=O)c1ccc(Br)cc1. The van der Waals surface area contributed by atoms with Crippen LogP contribution in [0, 0.1) is 13.8 Å². The number of ketones is 1. The minimum absolute atomic E-state index is 0.0174. The summed E-state index contributed by atoms with van der Waals surface area (Å²) < 4.78 is 0.965. The van der Waals surface area contributed by atoms with Crippen LogP contribution in [0.25, 0.3) is 0 Å². The van der Waals surface area contributed by atoms with Crippen LogP contribution in [0.1, 0.15) is 21.5 Å². The molecule has 0 bridgehead atoms. The van der Waals surface area contributed by atoms with Crippen LogP contribution in [0.3, 0.4) is 0 Å². The molecule has 102 valence electrons. The van der Waals surface area contributed by atoms with Crippen molar-refractivity contribution in [2.75, 3.05) is 5.32 Å². The number of rotatable bonds is 4. The number of carbonyl (C=O) groups is 1. The molecule has 0 aliphatic rings. The molecule has 0 aliphatic carbocycles. The van der Waals surface area contributed by atoms with Gasteiger partial charge in [0.25, 0.3) is 0 Å². The van der Waals surface area contributed by atoms with Crippen molar-refractivity contribution in [2.24, 2.45) is 0 Å². The van der Waals surface area contributed by atoms with Crippen molar-refractivity contribution < 1.29 is 4.79 Å². The number of aryl methyl sites for hydroxylation is 2. The van der Waals surface area contributed by atoms with Crippen LogP contribution < -0.4 is 5.32 Å². The fraction of sp³-hybridized carbons (Fsp3) is 0.118. The number of nitrogens with one attached hydrogen (secondary N) is 1. The Morgan fingerprint density at radius 1 is 1.05 bits per heavy atom. The minimum atomic E-state index is -0.0174. The normalized spacial score (nSPS) is 10.8. The third-order valence-electron chi connectivity index (χ3n) is 3.07. The number of hydrogen-bond acceptors (Lipinski definition) is 2. The van der Waals surface area contributed by atoms with Crippen LogP contribution in [-0.4, -0.2) is 5.78 Å². The first kappa shape index (κ1) is 14.5. The highest BCUT2D eigenvalue weighted by atomic mass is 79.9. The molecule has 0 saturated heterocycles. The molecule has 2 rings (SSSR count). The summed E-state index contributed by atoms with van der Waals surface area (Å²) in [6.07, 6.45) is 3.24. The summed E-state index contributed by atoms with van der Waals surface area (Å²) in [6, 6.07) is 13.4. The van der Waals surface area contributed by atoms with E-state index in [1.807, 2.05) is 44.2 Å². The van der Waals surface area contributed by atoms with Gasteiger partial charge < -0.3 is 5.32 Å². The largest absolute Gasteiger partial charge is 0.361 e. The molecule has 0 spiro atoms. The number of hydrogen-bond donors (Lipinski definition) is 1. The molecule has 0 aliphatic heterocycles. The van der Waals surface area contributed by atoms with Gasteiger partial charge in [-0.25, -0.2) is 0 Å². The molecule has 3 heteroatoms. The lowest BCUT2D eigenvalue weighted by molar-refractivity contribution is 0.104. The third kappa shape index (κ3) is 3.58. The summed E-state index contributed by atoms with van der Waals surface area (Å²) in [5.41, 5.74) is 4.04. The predicted octanol–water partition coefficient (Wildman–Crippen LogP) is 4.87. The Bertz CT molecular complexity index is 624. The molecule has 0 unspecified atom stereocenters. The molecule has 0 saturated carbocycles. The summed E-state index contributed by atoms with van der Waals surface area (Å²) >= 11 is 3.35. The number of allylic oxidation sites excluding steroid dienone is 1. The van der Waals surface area contributed by atoms with E-state index < -0.39 is 0 Å². The van der Waals surface area contributed by atoms with E-state index in [2.05, 4.69) is 21.2 Å². The highest BCUT2D eigenvalue weighted by molar-refractivity contribution is 9.10. The molecule has 0 atom stereocenters. The Balaban J connectivity index is 2.07. The Morgan fingerprint density at radius 3 is 2.25 bits per heavy atom. The maximum atomic E-state index is 12.0. The fourth-order valence-electron chi connectivity index (χ4n) is 1.95. The van der Waals surface area contributed by atoms with Crippen LogP contribution >= 0.6 is 15.9 Å². The second kappa shape index (κ2) is 6.53. The van der Waals surface area contributed by atoms with Crippen molar-refractivity contribution in [3.63, 3.8) is 0 Å². The van der Waals surface area contributed by atoms with Crippen molar-refractivity contribution >= 4 is 27.4 Å². The van der Waals surface area contributed by atoms with E-state index in [-0.39, 0.29) is 5.78 Å². The van der Waals surface area contributed by atoms with Gasteiger partial charge in [-0.1, -0.05) is 34.1 Å². The van der Waals surface area contributed by atoms with E-state index in [1.165, 1.54) is 0 Å². The molecule has 0 aromatic heterocycles. The Morgan fingerprint density at radius 2 is 1.65 bits per heavy atom. The van der Waals surface area contributed by atoms with Crippen LogP contribution in [0.15, 0.2) is 59.2 Å². The highest BCUT2D eigenvalue weighted by Gasteiger charge is 2.02. The predicted molar refractivity (Wildman–Crippen MR) is 87.2 cm³/mol. The van der Waals surface area contributed by atoms with E-state index in [9.17, 15) is 4.79 Å². The lowest BCUT2D eigenvalue weighted by Gasteiger charge is -2.08. The zero-order valence-electron chi connectivity index (χ0n) is 11.5. The van der Waals surface area contributed by atoms with Gasteiger partial charge in [-0.3, -0.25) is 4.79 Å². The van der Waals surface area contributed by atoms with E-state index in [0.29, 0.717) is 5.56 Å². The van der Waals surface area contributed by atoms with Gasteiger partial charge in [-0.05, 0) is 49.2 Å². The molecule has 0 fully saturated rings. The highest BCUT2D eigenvalue weighted by Crippen LogP contribution is 2.19. The first-order chi connectivity index (χ1) is 9.58. The molecular weight excluding hydrogens is 314 g/mol. The number of halogens is 1. The number of carbonyl (C=O) groups excluding carboxylic acids is 1. The molecule has 20 heavy (non-hydrogen) atoms. The second-order valence-electron chi connectivity index (χ2n) is 4.62. The van der Waals surface area contributed by atoms with Gasteiger partial charge >= 0.3 is 0 Å². The second-order valence-corrected chi connectivity index (χ2v) is 5.53. The average Bonchev–Trinajstić information content (AvgIpc) is 2.42. The summed E-state index contributed by atoms with van der Waals surface area (Å²) in [5, 5.41) is 3.18. The van der Waals surface area contributed by atoms with E-state index in [4.69, 9.17) is 0 Å². The molecule has 0 amide bonds. The molecule has 2 aromatic carbocycles. The van der Waals surface area contributed by atoms with Gasteiger partial charge in [-0.2, -0.15) is 0 Å². The smallest absolute Gasteiger partial charge is 0.187 e.